The molecular formula is C22H19N3O2S. The summed E-state index contributed by atoms with van der Waals surface area (Å²) in [5.74, 6) is 1.50. The summed E-state index contributed by atoms with van der Waals surface area (Å²) in [5.41, 5.74) is 2.20. The lowest BCUT2D eigenvalue weighted by molar-refractivity contribution is -0.116. The van der Waals surface area contributed by atoms with Crippen molar-refractivity contribution >= 4 is 22.4 Å². The van der Waals surface area contributed by atoms with Gasteiger partial charge in [-0.1, -0.05) is 72.0 Å². The third-order valence-corrected chi connectivity index (χ3v) is 5.07. The average Bonchev–Trinajstić information content (AvgIpc) is 3.38. The van der Waals surface area contributed by atoms with Gasteiger partial charge in [-0.15, -0.1) is 10.2 Å². The van der Waals surface area contributed by atoms with Gasteiger partial charge in [-0.2, -0.15) is 0 Å². The fraction of sp³-hybridized carbons (Fsp3) is 0.136. The van der Waals surface area contributed by atoms with Crippen LogP contribution >= 0.6 is 11.3 Å². The molecule has 2 aromatic heterocycles. The molecule has 1 amide bonds. The molecule has 28 heavy (non-hydrogen) atoms. The highest BCUT2D eigenvalue weighted by atomic mass is 32.1. The number of anilines is 1. The van der Waals surface area contributed by atoms with E-state index in [1.807, 2.05) is 72.8 Å². The Hall–Kier alpha value is -3.25. The van der Waals surface area contributed by atoms with Crippen LogP contribution in [0.4, 0.5) is 5.13 Å². The summed E-state index contributed by atoms with van der Waals surface area (Å²) in [7, 11) is 0. The van der Waals surface area contributed by atoms with Gasteiger partial charge in [0, 0.05) is 24.8 Å². The zero-order valence-corrected chi connectivity index (χ0v) is 16.0. The standard InChI is InChI=1S/C22H19N3O2S/c26-20(14-12-18-11-13-19(27-18)17-9-5-2-6-10-17)23-22-25-24-21(28-22)15-16-7-3-1-4-8-16/h1-11,13H,12,14-15H2,(H,23,25,26). The Kier molecular flexibility index (Phi) is 5.58. The monoisotopic (exact) mass is 389 g/mol. The number of aromatic nitrogens is 2. The second kappa shape index (κ2) is 8.63. The molecule has 0 aliphatic rings. The van der Waals surface area contributed by atoms with Crippen LogP contribution in [0.25, 0.3) is 11.3 Å². The molecule has 0 aliphatic heterocycles. The van der Waals surface area contributed by atoms with Gasteiger partial charge in [-0.3, -0.25) is 4.79 Å². The second-order valence-electron chi connectivity index (χ2n) is 6.34. The van der Waals surface area contributed by atoms with Gasteiger partial charge in [0.25, 0.3) is 0 Å². The molecule has 0 atom stereocenters. The summed E-state index contributed by atoms with van der Waals surface area (Å²) >= 11 is 1.40. The normalized spacial score (nSPS) is 10.7. The van der Waals surface area contributed by atoms with Crippen molar-refractivity contribution in [2.45, 2.75) is 19.3 Å². The summed E-state index contributed by atoms with van der Waals surface area (Å²) in [6.45, 7) is 0. The number of nitrogens with one attached hydrogen (secondary N) is 1. The van der Waals surface area contributed by atoms with E-state index in [0.717, 1.165) is 22.1 Å². The smallest absolute Gasteiger partial charge is 0.226 e. The van der Waals surface area contributed by atoms with E-state index in [4.69, 9.17) is 4.42 Å². The minimum absolute atomic E-state index is 0.0972. The lowest BCUT2D eigenvalue weighted by Crippen LogP contribution is -2.11. The van der Waals surface area contributed by atoms with Crippen LogP contribution in [0.5, 0.6) is 0 Å². The van der Waals surface area contributed by atoms with Crippen LogP contribution in [0.2, 0.25) is 0 Å². The van der Waals surface area contributed by atoms with Crippen LogP contribution in [0.1, 0.15) is 22.8 Å². The Morgan fingerprint density at radius 1 is 0.929 bits per heavy atom. The van der Waals surface area contributed by atoms with Gasteiger partial charge in [0.15, 0.2) is 0 Å². The molecule has 1 N–H and O–H groups in total. The number of carbonyl (C=O) groups excluding carboxylic acids is 1. The molecule has 0 radical (unpaired) electrons. The largest absolute Gasteiger partial charge is 0.461 e. The molecule has 0 saturated heterocycles. The Balaban J connectivity index is 1.29. The SMILES string of the molecule is O=C(CCc1ccc(-c2ccccc2)o1)Nc1nnc(Cc2ccccc2)s1. The first-order valence-electron chi connectivity index (χ1n) is 9.06. The summed E-state index contributed by atoms with van der Waals surface area (Å²) in [5, 5.41) is 12.4. The van der Waals surface area contributed by atoms with Crippen molar-refractivity contribution in [1.29, 1.82) is 0 Å². The molecule has 5 nitrogen and oxygen atoms in total. The molecular weight excluding hydrogens is 370 g/mol. The van der Waals surface area contributed by atoms with Crippen molar-refractivity contribution in [2.75, 3.05) is 5.32 Å². The quantitative estimate of drug-likeness (QED) is 0.485. The Morgan fingerprint density at radius 3 is 2.46 bits per heavy atom. The van der Waals surface area contributed by atoms with Crippen molar-refractivity contribution < 1.29 is 9.21 Å². The van der Waals surface area contributed by atoms with Crippen LogP contribution in [-0.2, 0) is 17.6 Å². The molecule has 0 bridgehead atoms. The minimum atomic E-state index is -0.0972. The predicted octanol–water partition coefficient (Wildman–Crippen LogP) is 4.96. The summed E-state index contributed by atoms with van der Waals surface area (Å²) in [4.78, 5) is 12.2. The number of amides is 1. The lowest BCUT2D eigenvalue weighted by atomic mass is 10.2. The van der Waals surface area contributed by atoms with E-state index in [-0.39, 0.29) is 5.91 Å². The summed E-state index contributed by atoms with van der Waals surface area (Å²) < 4.78 is 5.84. The van der Waals surface area contributed by atoms with Crippen molar-refractivity contribution in [2.24, 2.45) is 0 Å². The molecule has 140 valence electrons. The molecule has 6 heteroatoms. The third kappa shape index (κ3) is 4.72. The van der Waals surface area contributed by atoms with Gasteiger partial charge in [0.1, 0.15) is 16.5 Å². The number of benzene rings is 2. The maximum Gasteiger partial charge on any atom is 0.226 e. The maximum absolute atomic E-state index is 12.2. The van der Waals surface area contributed by atoms with Crippen LogP contribution < -0.4 is 5.32 Å². The Bertz CT molecular complexity index is 1040. The molecule has 2 aromatic carbocycles. The van der Waals surface area contributed by atoms with Crippen molar-refractivity contribution in [3.8, 4) is 11.3 Å². The minimum Gasteiger partial charge on any atom is -0.461 e. The maximum atomic E-state index is 12.2. The Morgan fingerprint density at radius 2 is 1.68 bits per heavy atom. The van der Waals surface area contributed by atoms with E-state index >= 15 is 0 Å². The van der Waals surface area contributed by atoms with Crippen LogP contribution in [0.3, 0.4) is 0 Å². The van der Waals surface area contributed by atoms with Crippen LogP contribution in [-0.4, -0.2) is 16.1 Å². The van der Waals surface area contributed by atoms with E-state index < -0.39 is 0 Å². The molecule has 2 heterocycles. The Labute approximate surface area is 167 Å². The van der Waals surface area contributed by atoms with Gasteiger partial charge >= 0.3 is 0 Å². The first-order chi connectivity index (χ1) is 13.8. The topological polar surface area (TPSA) is 68.0 Å². The number of rotatable bonds is 7. The zero-order valence-electron chi connectivity index (χ0n) is 15.2. The van der Waals surface area contributed by atoms with Gasteiger partial charge in [0.05, 0.1) is 0 Å². The second-order valence-corrected chi connectivity index (χ2v) is 7.41. The molecule has 0 fully saturated rings. The molecule has 0 saturated carbocycles. The highest BCUT2D eigenvalue weighted by Gasteiger charge is 2.11. The van der Waals surface area contributed by atoms with Crippen molar-refractivity contribution in [3.63, 3.8) is 0 Å². The fourth-order valence-electron chi connectivity index (χ4n) is 2.83. The van der Waals surface area contributed by atoms with E-state index in [9.17, 15) is 4.79 Å². The highest BCUT2D eigenvalue weighted by molar-refractivity contribution is 7.15. The van der Waals surface area contributed by atoms with Gasteiger partial charge in [0.2, 0.25) is 11.0 Å². The summed E-state index contributed by atoms with van der Waals surface area (Å²) in [6, 6.07) is 23.8. The first kappa shape index (κ1) is 18.1. The number of carbonyl (C=O) groups is 1. The van der Waals surface area contributed by atoms with Crippen molar-refractivity contribution in [3.05, 3.63) is 89.1 Å². The van der Waals surface area contributed by atoms with Crippen LogP contribution in [0.15, 0.2) is 77.2 Å². The number of hydrogen-bond donors (Lipinski definition) is 1. The molecule has 4 rings (SSSR count). The van der Waals surface area contributed by atoms with Gasteiger partial charge < -0.3 is 9.73 Å². The molecule has 0 unspecified atom stereocenters. The van der Waals surface area contributed by atoms with Gasteiger partial charge in [-0.25, -0.2) is 0 Å². The number of nitrogens with zero attached hydrogens (tertiary/aromatic N) is 2. The molecule has 0 aliphatic carbocycles. The van der Waals surface area contributed by atoms with Crippen molar-refractivity contribution in [1.82, 2.24) is 10.2 Å². The lowest BCUT2D eigenvalue weighted by Gasteiger charge is -2.00. The fourth-order valence-corrected chi connectivity index (χ4v) is 3.62. The summed E-state index contributed by atoms with van der Waals surface area (Å²) in [6.07, 6.45) is 1.58. The zero-order chi connectivity index (χ0) is 19.2. The third-order valence-electron chi connectivity index (χ3n) is 4.23. The van der Waals surface area contributed by atoms with Gasteiger partial charge in [-0.05, 0) is 17.7 Å². The average molecular weight is 389 g/mol. The number of furan rings is 1. The van der Waals surface area contributed by atoms with E-state index in [1.54, 1.807) is 0 Å². The van der Waals surface area contributed by atoms with E-state index in [2.05, 4.69) is 15.5 Å². The molecule has 0 spiro atoms. The van der Waals surface area contributed by atoms with E-state index in [0.29, 0.717) is 24.4 Å². The van der Waals surface area contributed by atoms with E-state index in [1.165, 1.54) is 16.9 Å². The number of aryl methyl sites for hydroxylation is 1. The molecule has 4 aromatic rings. The predicted molar refractivity (Wildman–Crippen MR) is 110 cm³/mol. The number of hydrogen-bond acceptors (Lipinski definition) is 5. The highest BCUT2D eigenvalue weighted by Crippen LogP contribution is 2.23. The first-order valence-corrected chi connectivity index (χ1v) is 9.88. The van der Waals surface area contributed by atoms with Crippen LogP contribution in [0, 0.1) is 0 Å².